The lowest BCUT2D eigenvalue weighted by atomic mass is 10.1. The van der Waals surface area contributed by atoms with E-state index in [0.29, 0.717) is 24.5 Å². The second kappa shape index (κ2) is 8.81. The number of furan rings is 1. The molecular weight excluding hydrogens is 362 g/mol. The van der Waals surface area contributed by atoms with Crippen molar-refractivity contribution in [2.45, 2.75) is 24.3 Å². The molecule has 0 aliphatic carbocycles. The summed E-state index contributed by atoms with van der Waals surface area (Å²) in [5, 5.41) is 3.81. The summed E-state index contributed by atoms with van der Waals surface area (Å²) in [4.78, 5) is 16.6. The molecule has 7 heteroatoms. The van der Waals surface area contributed by atoms with Gasteiger partial charge in [-0.1, -0.05) is 29.5 Å². The summed E-state index contributed by atoms with van der Waals surface area (Å²) in [6, 6.07) is 9.56. The fourth-order valence-corrected chi connectivity index (χ4v) is 3.53. The third-order valence-electron chi connectivity index (χ3n) is 4.12. The van der Waals surface area contributed by atoms with Crippen LogP contribution in [0.4, 0.5) is 0 Å². The lowest BCUT2D eigenvalue weighted by molar-refractivity contribution is 0.0925. The van der Waals surface area contributed by atoms with Crippen molar-refractivity contribution in [2.75, 3.05) is 13.7 Å². The Morgan fingerprint density at radius 2 is 2.19 bits per heavy atom. The number of hydrogen-bond donors (Lipinski definition) is 1. The molecule has 3 aromatic rings. The third kappa shape index (κ3) is 4.95. The van der Waals surface area contributed by atoms with E-state index in [1.807, 2.05) is 42.9 Å². The molecule has 1 aromatic carbocycles. The molecule has 0 fully saturated rings. The molecule has 0 aliphatic rings. The van der Waals surface area contributed by atoms with Crippen molar-refractivity contribution in [3.8, 4) is 5.75 Å². The molecule has 0 aliphatic heterocycles. The van der Waals surface area contributed by atoms with Crippen molar-refractivity contribution in [2.24, 2.45) is 7.05 Å². The van der Waals surface area contributed by atoms with Crippen LogP contribution in [0.2, 0.25) is 0 Å². The molecule has 0 atom stereocenters. The Bertz CT molecular complexity index is 917. The number of benzene rings is 1. The molecule has 0 unspecified atom stereocenters. The van der Waals surface area contributed by atoms with Gasteiger partial charge in [-0.25, -0.2) is 4.98 Å². The maximum atomic E-state index is 12.3. The van der Waals surface area contributed by atoms with Gasteiger partial charge in [0.05, 0.1) is 12.9 Å². The van der Waals surface area contributed by atoms with Crippen molar-refractivity contribution < 1.29 is 13.9 Å². The lowest BCUT2D eigenvalue weighted by Crippen LogP contribution is -2.25. The molecule has 0 saturated heterocycles. The molecule has 1 amide bonds. The number of nitrogens with one attached hydrogen (secondary N) is 1. The van der Waals surface area contributed by atoms with Crippen LogP contribution in [0.1, 0.15) is 27.4 Å². The molecule has 0 saturated carbocycles. The number of thioether (sulfide) groups is 1. The summed E-state index contributed by atoms with van der Waals surface area (Å²) in [6.07, 6.45) is 4.35. The van der Waals surface area contributed by atoms with E-state index in [1.54, 1.807) is 31.1 Å². The second-order valence-electron chi connectivity index (χ2n) is 6.20. The van der Waals surface area contributed by atoms with Crippen LogP contribution in [0.5, 0.6) is 5.75 Å². The van der Waals surface area contributed by atoms with Gasteiger partial charge in [0.15, 0.2) is 10.9 Å². The highest BCUT2D eigenvalue weighted by atomic mass is 32.2. The standard InChI is InChI=1S/C20H23N3O3S/c1-14-4-6-17(25-3)15(12-14)8-9-21-19(24)18-7-5-16(26-18)13-27-20-22-10-11-23(20)2/h4-7,10-12H,8-9,13H2,1-3H3,(H,21,24). The van der Waals surface area contributed by atoms with E-state index in [2.05, 4.69) is 16.4 Å². The maximum absolute atomic E-state index is 12.3. The summed E-state index contributed by atoms with van der Waals surface area (Å²) in [7, 11) is 3.60. The summed E-state index contributed by atoms with van der Waals surface area (Å²) in [5.41, 5.74) is 2.24. The number of ether oxygens (including phenoxy) is 1. The molecule has 6 nitrogen and oxygen atoms in total. The Morgan fingerprint density at radius 3 is 2.93 bits per heavy atom. The van der Waals surface area contributed by atoms with Gasteiger partial charge in [0.25, 0.3) is 5.91 Å². The Hall–Kier alpha value is -2.67. The summed E-state index contributed by atoms with van der Waals surface area (Å²) >= 11 is 1.56. The number of amides is 1. The minimum Gasteiger partial charge on any atom is -0.496 e. The van der Waals surface area contributed by atoms with Crippen molar-refractivity contribution >= 4 is 17.7 Å². The van der Waals surface area contributed by atoms with Gasteiger partial charge in [0.2, 0.25) is 0 Å². The van der Waals surface area contributed by atoms with Gasteiger partial charge in [0, 0.05) is 26.0 Å². The summed E-state index contributed by atoms with van der Waals surface area (Å²) < 4.78 is 13.0. The highest BCUT2D eigenvalue weighted by molar-refractivity contribution is 7.98. The number of nitrogens with zero attached hydrogens (tertiary/aromatic N) is 2. The quantitative estimate of drug-likeness (QED) is 0.600. The number of carbonyl (C=O) groups is 1. The van der Waals surface area contributed by atoms with Crippen molar-refractivity contribution in [3.63, 3.8) is 0 Å². The van der Waals surface area contributed by atoms with E-state index < -0.39 is 0 Å². The van der Waals surface area contributed by atoms with Crippen molar-refractivity contribution in [3.05, 3.63) is 65.4 Å². The number of methoxy groups -OCH3 is 1. The first-order valence-electron chi connectivity index (χ1n) is 8.67. The first-order chi connectivity index (χ1) is 13.1. The van der Waals surface area contributed by atoms with Crippen LogP contribution < -0.4 is 10.1 Å². The molecule has 2 aromatic heterocycles. The van der Waals surface area contributed by atoms with E-state index in [1.165, 1.54) is 0 Å². The van der Waals surface area contributed by atoms with E-state index in [9.17, 15) is 4.79 Å². The molecule has 1 N–H and O–H groups in total. The molecule has 3 rings (SSSR count). The highest BCUT2D eigenvalue weighted by Gasteiger charge is 2.12. The highest BCUT2D eigenvalue weighted by Crippen LogP contribution is 2.22. The minimum absolute atomic E-state index is 0.213. The number of hydrogen-bond acceptors (Lipinski definition) is 5. The van der Waals surface area contributed by atoms with Crippen LogP contribution in [0.15, 0.2) is 52.3 Å². The Balaban J connectivity index is 1.51. The predicted molar refractivity (Wildman–Crippen MR) is 105 cm³/mol. The van der Waals surface area contributed by atoms with Gasteiger partial charge in [0.1, 0.15) is 11.5 Å². The third-order valence-corrected chi connectivity index (χ3v) is 5.20. The minimum atomic E-state index is -0.213. The van der Waals surface area contributed by atoms with Gasteiger partial charge < -0.3 is 19.0 Å². The Kier molecular flexibility index (Phi) is 6.24. The zero-order valence-electron chi connectivity index (χ0n) is 15.7. The monoisotopic (exact) mass is 385 g/mol. The van der Waals surface area contributed by atoms with Crippen LogP contribution in [0.3, 0.4) is 0 Å². The normalized spacial score (nSPS) is 10.8. The van der Waals surface area contributed by atoms with E-state index >= 15 is 0 Å². The molecule has 142 valence electrons. The number of rotatable bonds is 8. The van der Waals surface area contributed by atoms with E-state index in [0.717, 1.165) is 27.8 Å². The van der Waals surface area contributed by atoms with Crippen LogP contribution in [0, 0.1) is 6.92 Å². The smallest absolute Gasteiger partial charge is 0.287 e. The van der Waals surface area contributed by atoms with Gasteiger partial charge in [-0.15, -0.1) is 0 Å². The zero-order chi connectivity index (χ0) is 19.2. The van der Waals surface area contributed by atoms with Gasteiger partial charge in [-0.3, -0.25) is 4.79 Å². The fourth-order valence-electron chi connectivity index (χ4n) is 2.70. The largest absolute Gasteiger partial charge is 0.496 e. The number of aromatic nitrogens is 2. The molecule has 0 bridgehead atoms. The van der Waals surface area contributed by atoms with E-state index in [4.69, 9.17) is 9.15 Å². The number of imidazole rings is 1. The number of aryl methyl sites for hydroxylation is 2. The predicted octanol–water partition coefficient (Wildman–Crippen LogP) is 3.59. The summed E-state index contributed by atoms with van der Waals surface area (Å²) in [6.45, 7) is 2.55. The summed E-state index contributed by atoms with van der Waals surface area (Å²) in [5.74, 6) is 2.31. The van der Waals surface area contributed by atoms with Gasteiger partial charge in [-0.2, -0.15) is 0 Å². The van der Waals surface area contributed by atoms with Crippen LogP contribution >= 0.6 is 11.8 Å². The average Bonchev–Trinajstić information content (AvgIpc) is 3.29. The van der Waals surface area contributed by atoms with Crippen molar-refractivity contribution in [1.29, 1.82) is 0 Å². The first-order valence-corrected chi connectivity index (χ1v) is 9.66. The second-order valence-corrected chi connectivity index (χ2v) is 7.14. The zero-order valence-corrected chi connectivity index (χ0v) is 16.5. The molecular formula is C20H23N3O3S. The fraction of sp³-hybridized carbons (Fsp3) is 0.300. The van der Waals surface area contributed by atoms with Crippen molar-refractivity contribution in [1.82, 2.24) is 14.9 Å². The molecule has 27 heavy (non-hydrogen) atoms. The molecule has 2 heterocycles. The molecule has 0 spiro atoms. The Morgan fingerprint density at radius 1 is 1.33 bits per heavy atom. The van der Waals surface area contributed by atoms with Crippen LogP contribution in [-0.4, -0.2) is 29.1 Å². The van der Waals surface area contributed by atoms with Gasteiger partial charge >= 0.3 is 0 Å². The van der Waals surface area contributed by atoms with Crippen LogP contribution in [0.25, 0.3) is 0 Å². The number of carbonyl (C=O) groups excluding carboxylic acids is 1. The molecule has 0 radical (unpaired) electrons. The first kappa shape index (κ1) is 19.1. The maximum Gasteiger partial charge on any atom is 0.287 e. The van der Waals surface area contributed by atoms with Crippen LogP contribution in [-0.2, 0) is 19.2 Å². The SMILES string of the molecule is COc1ccc(C)cc1CCNC(=O)c1ccc(CSc2nccn2C)o1. The van der Waals surface area contributed by atoms with E-state index in [-0.39, 0.29) is 5.91 Å². The lowest BCUT2D eigenvalue weighted by Gasteiger charge is -2.10. The Labute approximate surface area is 162 Å². The van der Waals surface area contributed by atoms with Gasteiger partial charge in [-0.05, 0) is 37.1 Å². The average molecular weight is 385 g/mol. The topological polar surface area (TPSA) is 69.3 Å².